The third-order valence-electron chi connectivity index (χ3n) is 4.61. The molecule has 166 valence electrons. The Morgan fingerprint density at radius 1 is 1.18 bits per heavy atom. The van der Waals surface area contributed by atoms with Crippen LogP contribution < -0.4 is 15.4 Å². The van der Waals surface area contributed by atoms with Gasteiger partial charge in [-0.3, -0.25) is 20.2 Å². The molecule has 0 radical (unpaired) electrons. The molecule has 0 fully saturated rings. The van der Waals surface area contributed by atoms with Crippen molar-refractivity contribution < 1.29 is 14.5 Å². The molecular formula is C22H15ClN4O4S2. The van der Waals surface area contributed by atoms with Gasteiger partial charge in [0.2, 0.25) is 0 Å². The Morgan fingerprint density at radius 3 is 2.70 bits per heavy atom. The molecule has 3 aromatic carbocycles. The number of hydrogen-bond acceptors (Lipinski definition) is 7. The SMILES string of the molecule is COc1ccc(C(=O)NC(=S)Nc2ccc(Cl)c(-c3nc4ccccc4s3)c2)cc1[N+](=O)[O-]. The molecule has 0 atom stereocenters. The molecule has 0 aliphatic carbocycles. The molecule has 0 unspecified atom stereocenters. The summed E-state index contributed by atoms with van der Waals surface area (Å²) in [5.41, 5.74) is 1.95. The smallest absolute Gasteiger partial charge is 0.311 e. The van der Waals surface area contributed by atoms with Crippen LogP contribution in [0.15, 0.2) is 60.7 Å². The number of carbonyl (C=O) groups excluding carboxylic acids is 1. The lowest BCUT2D eigenvalue weighted by atomic mass is 10.1. The predicted molar refractivity (Wildman–Crippen MR) is 133 cm³/mol. The highest BCUT2D eigenvalue weighted by Crippen LogP contribution is 2.36. The van der Waals surface area contributed by atoms with Gasteiger partial charge in [-0.1, -0.05) is 23.7 Å². The zero-order chi connectivity index (χ0) is 23.5. The zero-order valence-corrected chi connectivity index (χ0v) is 19.4. The van der Waals surface area contributed by atoms with Crippen LogP contribution in [0.5, 0.6) is 5.75 Å². The quantitative estimate of drug-likeness (QED) is 0.208. The number of nitrogens with one attached hydrogen (secondary N) is 2. The molecule has 1 heterocycles. The van der Waals surface area contributed by atoms with Crippen LogP contribution in [0.3, 0.4) is 0 Å². The molecule has 33 heavy (non-hydrogen) atoms. The first kappa shape index (κ1) is 22.6. The van der Waals surface area contributed by atoms with Gasteiger partial charge in [-0.15, -0.1) is 11.3 Å². The van der Waals surface area contributed by atoms with E-state index in [0.29, 0.717) is 10.7 Å². The Labute approximate surface area is 202 Å². The van der Waals surface area contributed by atoms with E-state index >= 15 is 0 Å². The number of methoxy groups -OCH3 is 1. The minimum Gasteiger partial charge on any atom is -0.490 e. The van der Waals surface area contributed by atoms with E-state index < -0.39 is 10.8 Å². The molecule has 0 bridgehead atoms. The van der Waals surface area contributed by atoms with Crippen LogP contribution in [0, 0.1) is 10.1 Å². The van der Waals surface area contributed by atoms with E-state index in [-0.39, 0.29) is 22.1 Å². The van der Waals surface area contributed by atoms with Gasteiger partial charge in [0, 0.05) is 22.9 Å². The highest BCUT2D eigenvalue weighted by molar-refractivity contribution is 7.80. The van der Waals surface area contributed by atoms with E-state index in [1.165, 1.54) is 30.6 Å². The number of benzene rings is 3. The Kier molecular flexibility index (Phi) is 6.50. The third-order valence-corrected chi connectivity index (χ3v) is 6.22. The number of nitro groups is 1. The largest absolute Gasteiger partial charge is 0.490 e. The molecular weight excluding hydrogens is 484 g/mol. The summed E-state index contributed by atoms with van der Waals surface area (Å²) in [6.45, 7) is 0. The van der Waals surface area contributed by atoms with E-state index in [1.54, 1.807) is 18.2 Å². The van der Waals surface area contributed by atoms with Crippen LogP contribution in [-0.4, -0.2) is 28.0 Å². The number of fused-ring (bicyclic) bond motifs is 1. The molecule has 11 heteroatoms. The molecule has 4 aromatic rings. The maximum Gasteiger partial charge on any atom is 0.311 e. The number of hydrogen-bond donors (Lipinski definition) is 2. The average Bonchev–Trinajstić information content (AvgIpc) is 3.23. The third kappa shape index (κ3) is 4.92. The van der Waals surface area contributed by atoms with E-state index in [4.69, 9.17) is 28.6 Å². The van der Waals surface area contributed by atoms with Crippen LogP contribution in [-0.2, 0) is 0 Å². The maximum atomic E-state index is 12.5. The van der Waals surface area contributed by atoms with Gasteiger partial charge >= 0.3 is 5.69 Å². The monoisotopic (exact) mass is 498 g/mol. The minimum absolute atomic E-state index is 0.0241. The first-order chi connectivity index (χ1) is 15.9. The molecule has 0 aliphatic heterocycles. The highest BCUT2D eigenvalue weighted by Gasteiger charge is 2.19. The summed E-state index contributed by atoms with van der Waals surface area (Å²) in [5, 5.41) is 17.9. The summed E-state index contributed by atoms with van der Waals surface area (Å²) in [4.78, 5) is 27.7. The van der Waals surface area contributed by atoms with E-state index in [9.17, 15) is 14.9 Å². The van der Waals surface area contributed by atoms with Gasteiger partial charge in [-0.25, -0.2) is 4.98 Å². The number of thiocarbonyl (C=S) groups is 1. The number of nitrogens with zero attached hydrogens (tertiary/aromatic N) is 2. The summed E-state index contributed by atoms with van der Waals surface area (Å²) in [7, 11) is 1.32. The molecule has 1 aromatic heterocycles. The Morgan fingerprint density at radius 2 is 1.97 bits per heavy atom. The summed E-state index contributed by atoms with van der Waals surface area (Å²) >= 11 is 13.2. The number of ether oxygens (including phenoxy) is 1. The number of rotatable bonds is 5. The van der Waals surface area contributed by atoms with Crippen molar-refractivity contribution in [2.24, 2.45) is 0 Å². The number of nitro benzene ring substituents is 1. The van der Waals surface area contributed by atoms with Crippen molar-refractivity contribution in [1.29, 1.82) is 0 Å². The average molecular weight is 499 g/mol. The van der Waals surface area contributed by atoms with Gasteiger partial charge in [0.05, 0.1) is 27.3 Å². The maximum absolute atomic E-state index is 12.5. The second-order valence-electron chi connectivity index (χ2n) is 6.73. The molecule has 0 saturated carbocycles. The number of halogens is 1. The predicted octanol–water partition coefficient (Wildman–Crippen LogP) is 5.66. The number of carbonyl (C=O) groups is 1. The Balaban J connectivity index is 1.51. The van der Waals surface area contributed by atoms with Gasteiger partial charge in [-0.2, -0.15) is 0 Å². The molecule has 2 N–H and O–H groups in total. The number of thiazole rings is 1. The lowest BCUT2D eigenvalue weighted by molar-refractivity contribution is -0.385. The molecule has 0 spiro atoms. The summed E-state index contributed by atoms with van der Waals surface area (Å²) < 4.78 is 5.99. The van der Waals surface area contributed by atoms with Crippen molar-refractivity contribution in [3.63, 3.8) is 0 Å². The van der Waals surface area contributed by atoms with Gasteiger partial charge in [0.25, 0.3) is 5.91 Å². The summed E-state index contributed by atoms with van der Waals surface area (Å²) in [6, 6.07) is 16.9. The van der Waals surface area contributed by atoms with Crippen molar-refractivity contribution in [3.8, 4) is 16.3 Å². The Hall–Kier alpha value is -3.60. The van der Waals surface area contributed by atoms with Crippen molar-refractivity contribution in [1.82, 2.24) is 10.3 Å². The second-order valence-corrected chi connectivity index (χ2v) is 8.58. The van der Waals surface area contributed by atoms with Gasteiger partial charge < -0.3 is 10.1 Å². The van der Waals surface area contributed by atoms with Crippen molar-refractivity contribution in [2.75, 3.05) is 12.4 Å². The van der Waals surface area contributed by atoms with Crippen LogP contribution in [0.25, 0.3) is 20.8 Å². The lowest BCUT2D eigenvalue weighted by Gasteiger charge is -2.11. The molecule has 4 rings (SSSR count). The molecule has 0 aliphatic rings. The number of amides is 1. The van der Waals surface area contributed by atoms with Crippen molar-refractivity contribution in [2.45, 2.75) is 0 Å². The van der Waals surface area contributed by atoms with E-state index in [1.807, 2.05) is 24.3 Å². The summed E-state index contributed by atoms with van der Waals surface area (Å²) in [6.07, 6.45) is 0. The topological polar surface area (TPSA) is 106 Å². The zero-order valence-electron chi connectivity index (χ0n) is 17.0. The fourth-order valence-corrected chi connectivity index (χ4v) is 4.54. The number of para-hydroxylation sites is 1. The summed E-state index contributed by atoms with van der Waals surface area (Å²) in [5.74, 6) is -0.542. The molecule has 1 amide bonds. The first-order valence-electron chi connectivity index (χ1n) is 9.46. The molecule has 0 saturated heterocycles. The van der Waals surface area contributed by atoms with Crippen molar-refractivity contribution >= 4 is 67.8 Å². The van der Waals surface area contributed by atoms with Crippen molar-refractivity contribution in [3.05, 3.63) is 81.4 Å². The normalized spacial score (nSPS) is 10.6. The number of anilines is 1. The van der Waals surface area contributed by atoms with Crippen LogP contribution in [0.4, 0.5) is 11.4 Å². The second kappa shape index (κ2) is 9.49. The Bertz CT molecular complexity index is 1370. The van der Waals surface area contributed by atoms with E-state index in [2.05, 4.69) is 15.6 Å². The first-order valence-corrected chi connectivity index (χ1v) is 11.1. The van der Waals surface area contributed by atoms with Gasteiger partial charge in [-0.05, 0) is 54.7 Å². The van der Waals surface area contributed by atoms with Gasteiger partial charge in [0.1, 0.15) is 5.01 Å². The van der Waals surface area contributed by atoms with E-state index in [0.717, 1.165) is 26.9 Å². The highest BCUT2D eigenvalue weighted by atomic mass is 35.5. The minimum atomic E-state index is -0.622. The van der Waals surface area contributed by atoms with Gasteiger partial charge in [0.15, 0.2) is 10.9 Å². The molecule has 8 nitrogen and oxygen atoms in total. The fraction of sp³-hybridized carbons (Fsp3) is 0.0455. The standard InChI is InChI=1S/C22H15ClN4O4S2/c1-31-18-9-6-12(10-17(18)27(29)30)20(28)26-22(32)24-13-7-8-15(23)14(11-13)21-25-16-4-2-3-5-19(16)33-21/h2-11H,1H3,(H2,24,26,28,32). The fourth-order valence-electron chi connectivity index (χ4n) is 3.07. The van der Waals surface area contributed by atoms with Crippen LogP contribution in [0.2, 0.25) is 5.02 Å². The number of aromatic nitrogens is 1. The lowest BCUT2D eigenvalue weighted by Crippen LogP contribution is -2.34. The van der Waals surface area contributed by atoms with Crippen LogP contribution in [0.1, 0.15) is 10.4 Å². The van der Waals surface area contributed by atoms with Crippen LogP contribution >= 0.6 is 35.2 Å².